The molecule has 0 spiro atoms. The zero-order chi connectivity index (χ0) is 16.1. The molecule has 1 aliphatic heterocycles. The second-order valence-electron chi connectivity index (χ2n) is 7.83. The largest absolute Gasteiger partial charge is 0.282 e. The SMILES string of the molecule is CCCCC(CC)CN1C(=O)[C@@H]2[C@@H]3C=C[C@@H]([C@H]4C=C[C@H]43)[C@@H]2C1=O. The highest BCUT2D eigenvalue weighted by Gasteiger charge is 2.62. The number of hydrogen-bond donors (Lipinski definition) is 0. The van der Waals surface area contributed by atoms with Crippen molar-refractivity contribution in [2.24, 2.45) is 41.4 Å². The summed E-state index contributed by atoms with van der Waals surface area (Å²) < 4.78 is 0. The summed E-state index contributed by atoms with van der Waals surface area (Å²) in [4.78, 5) is 27.6. The van der Waals surface area contributed by atoms with Crippen LogP contribution in [-0.4, -0.2) is 23.3 Å². The molecule has 3 nitrogen and oxygen atoms in total. The van der Waals surface area contributed by atoms with E-state index in [1.165, 1.54) is 12.8 Å². The molecule has 0 aromatic rings. The van der Waals surface area contributed by atoms with Crippen molar-refractivity contribution < 1.29 is 9.59 Å². The predicted octanol–water partition coefficient (Wildman–Crippen LogP) is 3.42. The van der Waals surface area contributed by atoms with E-state index in [0.717, 1.165) is 12.8 Å². The Labute approximate surface area is 138 Å². The first kappa shape index (κ1) is 15.2. The topological polar surface area (TPSA) is 37.4 Å². The van der Waals surface area contributed by atoms with E-state index in [9.17, 15) is 9.59 Å². The van der Waals surface area contributed by atoms with Gasteiger partial charge in [0, 0.05) is 6.54 Å². The fourth-order valence-electron chi connectivity index (χ4n) is 5.31. The van der Waals surface area contributed by atoms with E-state index in [1.54, 1.807) is 4.90 Å². The lowest BCUT2D eigenvalue weighted by atomic mass is 9.50. The summed E-state index contributed by atoms with van der Waals surface area (Å²) in [5.41, 5.74) is 0. The number of imide groups is 1. The molecule has 2 bridgehead atoms. The van der Waals surface area contributed by atoms with Crippen LogP contribution in [0.4, 0.5) is 0 Å². The van der Waals surface area contributed by atoms with Gasteiger partial charge in [-0.3, -0.25) is 14.5 Å². The smallest absolute Gasteiger partial charge is 0.233 e. The van der Waals surface area contributed by atoms with E-state index in [0.29, 0.717) is 24.3 Å². The standard InChI is InChI=1S/C20H27NO2/c1-3-5-6-12(4-2)11-21-19(22)17-15-9-10-16(18(17)20(21)23)14-8-7-13(14)15/h7-10,12-18H,3-6,11H2,1-2H3/t12?,13-,14+,15-,16+,17-,18+. The first-order valence-corrected chi connectivity index (χ1v) is 9.39. The van der Waals surface area contributed by atoms with Crippen LogP contribution in [0.3, 0.4) is 0 Å². The predicted molar refractivity (Wildman–Crippen MR) is 89.2 cm³/mol. The summed E-state index contributed by atoms with van der Waals surface area (Å²) in [6, 6.07) is 0. The quantitative estimate of drug-likeness (QED) is 0.556. The van der Waals surface area contributed by atoms with Crippen molar-refractivity contribution in [1.82, 2.24) is 4.90 Å². The van der Waals surface area contributed by atoms with Crippen LogP contribution < -0.4 is 0 Å². The van der Waals surface area contributed by atoms with Crippen LogP contribution in [0.1, 0.15) is 39.5 Å². The van der Waals surface area contributed by atoms with Crippen LogP contribution in [-0.2, 0) is 9.59 Å². The van der Waals surface area contributed by atoms with Gasteiger partial charge in [-0.2, -0.15) is 0 Å². The molecule has 1 heterocycles. The maximum absolute atomic E-state index is 13.0. The molecule has 124 valence electrons. The molecule has 4 aliphatic carbocycles. The number of amides is 2. The van der Waals surface area contributed by atoms with Crippen molar-refractivity contribution in [3.8, 4) is 0 Å². The van der Waals surface area contributed by atoms with E-state index in [1.807, 2.05) is 0 Å². The normalized spacial score (nSPS) is 41.0. The molecule has 0 aromatic carbocycles. The maximum Gasteiger partial charge on any atom is 0.233 e. The average Bonchev–Trinajstić information content (AvgIpc) is 2.77. The van der Waals surface area contributed by atoms with Crippen molar-refractivity contribution in [3.05, 3.63) is 24.3 Å². The monoisotopic (exact) mass is 313 g/mol. The Morgan fingerprint density at radius 2 is 1.43 bits per heavy atom. The molecule has 7 atom stereocenters. The number of nitrogens with zero attached hydrogens (tertiary/aromatic N) is 1. The van der Waals surface area contributed by atoms with E-state index in [4.69, 9.17) is 0 Å². The molecule has 2 fully saturated rings. The first-order valence-electron chi connectivity index (χ1n) is 9.39. The minimum Gasteiger partial charge on any atom is -0.282 e. The second kappa shape index (κ2) is 5.61. The van der Waals surface area contributed by atoms with Gasteiger partial charge in [-0.25, -0.2) is 0 Å². The zero-order valence-electron chi connectivity index (χ0n) is 14.2. The van der Waals surface area contributed by atoms with Gasteiger partial charge >= 0.3 is 0 Å². The fourth-order valence-corrected chi connectivity index (χ4v) is 5.31. The third kappa shape index (κ3) is 2.08. The molecule has 5 aliphatic rings. The number of hydrogen-bond acceptors (Lipinski definition) is 2. The zero-order valence-corrected chi connectivity index (χ0v) is 14.2. The van der Waals surface area contributed by atoms with E-state index in [2.05, 4.69) is 38.2 Å². The Morgan fingerprint density at radius 3 is 1.87 bits per heavy atom. The summed E-state index contributed by atoms with van der Waals surface area (Å²) in [7, 11) is 0. The van der Waals surface area contributed by atoms with Gasteiger partial charge in [0.2, 0.25) is 11.8 Å². The highest BCUT2D eigenvalue weighted by atomic mass is 16.2. The Balaban J connectivity index is 1.54. The van der Waals surface area contributed by atoms with Crippen molar-refractivity contribution in [1.29, 1.82) is 0 Å². The number of unbranched alkanes of at least 4 members (excludes halogenated alkanes) is 1. The molecule has 0 N–H and O–H groups in total. The maximum atomic E-state index is 13.0. The molecule has 1 saturated heterocycles. The van der Waals surface area contributed by atoms with Gasteiger partial charge in [-0.1, -0.05) is 57.4 Å². The number of rotatable bonds is 6. The highest BCUT2D eigenvalue weighted by Crippen LogP contribution is 2.58. The molecule has 0 aromatic heterocycles. The third-order valence-electron chi connectivity index (χ3n) is 6.75. The summed E-state index contributed by atoms with van der Waals surface area (Å²) in [5, 5.41) is 0. The van der Waals surface area contributed by atoms with Crippen molar-refractivity contribution in [2.75, 3.05) is 6.54 Å². The Bertz CT molecular complexity index is 538. The molecule has 5 rings (SSSR count). The Kier molecular flexibility index (Phi) is 3.70. The summed E-state index contributed by atoms with van der Waals surface area (Å²) >= 11 is 0. The molecule has 23 heavy (non-hydrogen) atoms. The minimum atomic E-state index is -0.0765. The molecule has 2 amide bonds. The minimum absolute atomic E-state index is 0.0765. The van der Waals surface area contributed by atoms with Crippen LogP contribution >= 0.6 is 0 Å². The molecule has 1 unspecified atom stereocenters. The molecular weight excluding hydrogens is 286 g/mol. The average molecular weight is 313 g/mol. The van der Waals surface area contributed by atoms with Crippen LogP contribution in [0.15, 0.2) is 24.3 Å². The van der Waals surface area contributed by atoms with Gasteiger partial charge in [-0.15, -0.1) is 0 Å². The number of carbonyl (C=O) groups is 2. The highest BCUT2D eigenvalue weighted by molar-refractivity contribution is 6.06. The van der Waals surface area contributed by atoms with Crippen molar-refractivity contribution >= 4 is 11.8 Å². The van der Waals surface area contributed by atoms with Crippen LogP contribution in [0.5, 0.6) is 0 Å². The van der Waals surface area contributed by atoms with Gasteiger partial charge in [-0.05, 0) is 36.0 Å². The molecular formula is C20H27NO2. The Morgan fingerprint density at radius 1 is 0.913 bits per heavy atom. The molecule has 0 radical (unpaired) electrons. The lowest BCUT2D eigenvalue weighted by Crippen LogP contribution is -2.50. The second-order valence-corrected chi connectivity index (χ2v) is 7.83. The number of allylic oxidation sites excluding steroid dienone is 4. The third-order valence-corrected chi connectivity index (χ3v) is 6.75. The molecule has 1 saturated carbocycles. The van der Waals surface area contributed by atoms with Crippen LogP contribution in [0.25, 0.3) is 0 Å². The summed E-state index contributed by atoms with van der Waals surface area (Å²) in [6.45, 7) is 5.01. The van der Waals surface area contributed by atoms with E-state index in [-0.39, 0.29) is 35.5 Å². The summed E-state index contributed by atoms with van der Waals surface area (Å²) in [5.74, 6) is 2.08. The number of likely N-dealkylation sites (tertiary alicyclic amines) is 1. The van der Waals surface area contributed by atoms with Crippen molar-refractivity contribution in [3.63, 3.8) is 0 Å². The molecule has 3 heteroatoms. The van der Waals surface area contributed by atoms with Crippen molar-refractivity contribution in [2.45, 2.75) is 39.5 Å². The summed E-state index contributed by atoms with van der Waals surface area (Å²) in [6.07, 6.45) is 13.5. The van der Waals surface area contributed by atoms with Gasteiger partial charge in [0.1, 0.15) is 0 Å². The van der Waals surface area contributed by atoms with E-state index < -0.39 is 0 Å². The van der Waals surface area contributed by atoms with Crippen LogP contribution in [0.2, 0.25) is 0 Å². The first-order chi connectivity index (χ1) is 11.2. The number of carbonyl (C=O) groups excluding carboxylic acids is 2. The Hall–Kier alpha value is -1.38. The fraction of sp³-hybridized carbons (Fsp3) is 0.700. The van der Waals surface area contributed by atoms with Gasteiger partial charge in [0.25, 0.3) is 0 Å². The lowest BCUT2D eigenvalue weighted by molar-refractivity contribution is -0.140. The van der Waals surface area contributed by atoms with Crippen LogP contribution in [0, 0.1) is 41.4 Å². The van der Waals surface area contributed by atoms with Gasteiger partial charge in [0.15, 0.2) is 0 Å². The van der Waals surface area contributed by atoms with E-state index >= 15 is 0 Å². The van der Waals surface area contributed by atoms with Gasteiger partial charge in [0.05, 0.1) is 11.8 Å². The van der Waals surface area contributed by atoms with Gasteiger partial charge < -0.3 is 0 Å². The lowest BCUT2D eigenvalue weighted by Gasteiger charge is -2.51.